The number of carbonyl (C=O) groups is 2. The van der Waals surface area contributed by atoms with Crippen molar-refractivity contribution in [1.82, 2.24) is 4.90 Å². The van der Waals surface area contributed by atoms with Gasteiger partial charge in [0.15, 0.2) is 0 Å². The van der Waals surface area contributed by atoms with E-state index in [0.29, 0.717) is 23.7 Å². The number of nitrogens with zero attached hydrogens (tertiary/aromatic N) is 1. The van der Waals surface area contributed by atoms with Gasteiger partial charge in [0.25, 0.3) is 0 Å². The van der Waals surface area contributed by atoms with E-state index < -0.39 is 11.4 Å². The topological polar surface area (TPSA) is 69.6 Å². The first kappa shape index (κ1) is 16.5. The van der Waals surface area contributed by atoms with E-state index in [1.54, 1.807) is 28.8 Å². The molecule has 1 heterocycles. The van der Waals surface area contributed by atoms with Crippen molar-refractivity contribution in [1.29, 1.82) is 0 Å². The Morgan fingerprint density at radius 1 is 1.48 bits per heavy atom. The number of urea groups is 1. The molecule has 0 bridgehead atoms. The minimum Gasteiger partial charge on any atom is -0.481 e. The van der Waals surface area contributed by atoms with Crippen molar-refractivity contribution in [3.05, 3.63) is 23.2 Å². The molecule has 0 radical (unpaired) electrons. The van der Waals surface area contributed by atoms with E-state index in [9.17, 15) is 14.7 Å². The summed E-state index contributed by atoms with van der Waals surface area (Å²) in [7, 11) is 0. The molecule has 0 spiro atoms. The number of hydrogen-bond acceptors (Lipinski definition) is 3. The van der Waals surface area contributed by atoms with Crippen LogP contribution in [0.25, 0.3) is 0 Å². The van der Waals surface area contributed by atoms with Crippen molar-refractivity contribution < 1.29 is 14.7 Å². The summed E-state index contributed by atoms with van der Waals surface area (Å²) in [5, 5.41) is 13.0. The van der Waals surface area contributed by atoms with Crippen molar-refractivity contribution in [2.75, 3.05) is 24.7 Å². The molecule has 23 heavy (non-hydrogen) atoms. The molecule has 2 atom stereocenters. The van der Waals surface area contributed by atoms with Crippen molar-refractivity contribution >= 4 is 41.1 Å². The molecule has 1 aliphatic heterocycles. The summed E-state index contributed by atoms with van der Waals surface area (Å²) in [5.41, 5.74) is -0.128. The van der Waals surface area contributed by atoms with Crippen molar-refractivity contribution in [3.8, 4) is 0 Å². The van der Waals surface area contributed by atoms with Gasteiger partial charge in [-0.05, 0) is 43.2 Å². The van der Waals surface area contributed by atoms with Crippen LogP contribution in [0.4, 0.5) is 10.5 Å². The molecule has 3 rings (SSSR count). The molecule has 1 aromatic carbocycles. The van der Waals surface area contributed by atoms with Crippen LogP contribution in [-0.4, -0.2) is 41.4 Å². The minimum atomic E-state index is -0.775. The fraction of sp³-hybridized carbons (Fsp3) is 0.500. The summed E-state index contributed by atoms with van der Waals surface area (Å²) in [6.45, 7) is 0.796. The highest BCUT2D eigenvalue weighted by molar-refractivity contribution is 7.98. The van der Waals surface area contributed by atoms with Crippen LogP contribution in [-0.2, 0) is 4.79 Å². The molecule has 2 N–H and O–H groups in total. The van der Waals surface area contributed by atoms with Gasteiger partial charge < -0.3 is 15.3 Å². The lowest BCUT2D eigenvalue weighted by Crippen LogP contribution is -2.38. The number of thioether (sulfide) groups is 1. The van der Waals surface area contributed by atoms with E-state index in [4.69, 9.17) is 11.6 Å². The Balaban J connectivity index is 1.70. The number of carboxylic acids is 1. The Morgan fingerprint density at radius 2 is 2.26 bits per heavy atom. The molecule has 7 heteroatoms. The number of amides is 2. The zero-order chi connectivity index (χ0) is 16.6. The minimum absolute atomic E-state index is 0.0632. The van der Waals surface area contributed by atoms with E-state index in [2.05, 4.69) is 5.32 Å². The number of carbonyl (C=O) groups excluding carboxylic acids is 1. The Bertz CT molecular complexity index is 654. The van der Waals surface area contributed by atoms with Gasteiger partial charge >= 0.3 is 12.0 Å². The third-order valence-electron chi connectivity index (χ3n) is 4.99. The van der Waals surface area contributed by atoms with E-state index in [-0.39, 0.29) is 18.5 Å². The molecule has 2 fully saturated rings. The maximum absolute atomic E-state index is 12.5. The van der Waals surface area contributed by atoms with Crippen LogP contribution in [0.2, 0.25) is 5.02 Å². The largest absolute Gasteiger partial charge is 0.481 e. The van der Waals surface area contributed by atoms with Crippen LogP contribution >= 0.6 is 23.4 Å². The van der Waals surface area contributed by atoms with Gasteiger partial charge in [0, 0.05) is 23.7 Å². The lowest BCUT2D eigenvalue weighted by Gasteiger charge is -2.23. The van der Waals surface area contributed by atoms with Gasteiger partial charge in [0.05, 0.1) is 10.4 Å². The monoisotopic (exact) mass is 354 g/mol. The molecular weight excluding hydrogens is 336 g/mol. The zero-order valence-electron chi connectivity index (χ0n) is 12.8. The average Bonchev–Trinajstić information content (AvgIpc) is 3.05. The summed E-state index contributed by atoms with van der Waals surface area (Å²) in [5.74, 6) is -0.712. The van der Waals surface area contributed by atoms with Crippen LogP contribution < -0.4 is 5.32 Å². The lowest BCUT2D eigenvalue weighted by atomic mass is 9.81. The van der Waals surface area contributed by atoms with Gasteiger partial charge in [-0.2, -0.15) is 0 Å². The third kappa shape index (κ3) is 2.90. The smallest absolute Gasteiger partial charge is 0.321 e. The summed E-state index contributed by atoms with van der Waals surface area (Å²) >= 11 is 7.69. The first-order valence-electron chi connectivity index (χ1n) is 7.59. The number of hydrogen-bond donors (Lipinski definition) is 2. The van der Waals surface area contributed by atoms with Gasteiger partial charge in [0.2, 0.25) is 0 Å². The third-order valence-corrected chi connectivity index (χ3v) is 6.21. The number of halogens is 1. The van der Waals surface area contributed by atoms with Crippen LogP contribution in [0.1, 0.15) is 19.3 Å². The highest BCUT2D eigenvalue weighted by atomic mass is 35.5. The van der Waals surface area contributed by atoms with E-state index in [0.717, 1.165) is 17.7 Å². The number of carboxylic acid groups (broad SMARTS) is 1. The number of nitrogens with one attached hydrogen (secondary N) is 1. The van der Waals surface area contributed by atoms with Crippen LogP contribution in [0.5, 0.6) is 0 Å². The Labute approximate surface area is 144 Å². The Morgan fingerprint density at radius 3 is 2.87 bits per heavy atom. The number of anilines is 1. The number of likely N-dealkylation sites (tertiary alicyclic amines) is 1. The fourth-order valence-corrected chi connectivity index (χ4v) is 4.61. The maximum atomic E-state index is 12.5. The molecule has 1 saturated carbocycles. The van der Waals surface area contributed by atoms with Gasteiger partial charge in [-0.3, -0.25) is 4.79 Å². The number of rotatable bonds is 3. The normalized spacial score (nSPS) is 26.2. The Kier molecular flexibility index (Phi) is 4.47. The molecule has 0 aromatic heterocycles. The molecule has 1 aliphatic carbocycles. The first-order valence-corrected chi connectivity index (χ1v) is 9.19. The van der Waals surface area contributed by atoms with Crippen LogP contribution in [0.15, 0.2) is 23.1 Å². The van der Waals surface area contributed by atoms with Crippen molar-refractivity contribution in [2.24, 2.45) is 11.3 Å². The molecule has 2 aliphatic rings. The zero-order valence-corrected chi connectivity index (χ0v) is 14.4. The van der Waals surface area contributed by atoms with E-state index >= 15 is 0 Å². The Hall–Kier alpha value is -1.40. The lowest BCUT2D eigenvalue weighted by molar-refractivity contribution is -0.149. The summed E-state index contributed by atoms with van der Waals surface area (Å²) in [6.07, 6.45) is 4.40. The second-order valence-corrected chi connectivity index (χ2v) is 7.47. The van der Waals surface area contributed by atoms with E-state index in [1.165, 1.54) is 0 Å². The van der Waals surface area contributed by atoms with Gasteiger partial charge in [0.1, 0.15) is 0 Å². The fourth-order valence-electron chi connectivity index (χ4n) is 3.74. The van der Waals surface area contributed by atoms with Gasteiger partial charge in [-0.25, -0.2) is 4.79 Å². The van der Waals surface area contributed by atoms with E-state index in [1.807, 2.05) is 12.3 Å². The second-order valence-electron chi connectivity index (χ2n) is 6.21. The highest BCUT2D eigenvalue weighted by Crippen LogP contribution is 2.49. The molecule has 5 nitrogen and oxygen atoms in total. The van der Waals surface area contributed by atoms with Crippen LogP contribution in [0.3, 0.4) is 0 Å². The summed E-state index contributed by atoms with van der Waals surface area (Å²) in [6, 6.07) is 5.13. The van der Waals surface area contributed by atoms with Crippen molar-refractivity contribution in [2.45, 2.75) is 24.2 Å². The molecule has 0 unspecified atom stereocenters. The molecule has 1 saturated heterocycles. The number of benzene rings is 1. The summed E-state index contributed by atoms with van der Waals surface area (Å²) in [4.78, 5) is 26.7. The predicted molar refractivity (Wildman–Crippen MR) is 91.2 cm³/mol. The molecule has 124 valence electrons. The summed E-state index contributed by atoms with van der Waals surface area (Å²) < 4.78 is 0. The average molecular weight is 355 g/mol. The quantitative estimate of drug-likeness (QED) is 0.810. The van der Waals surface area contributed by atoms with Crippen LogP contribution in [0, 0.1) is 11.3 Å². The SMILES string of the molecule is CSc1ccc(NC(=O)N2C[C@@H]3CCC[C@@]3(C(=O)O)C2)cc1Cl. The predicted octanol–water partition coefficient (Wildman–Crippen LogP) is 3.78. The number of fused-ring (bicyclic) bond motifs is 1. The molecule has 2 amide bonds. The van der Waals surface area contributed by atoms with Gasteiger partial charge in [-0.15, -0.1) is 11.8 Å². The molecular formula is C16H19ClN2O3S. The standard InChI is InChI=1S/C16H19ClN2O3S/c1-23-13-5-4-11(7-12(13)17)18-15(22)19-8-10-3-2-6-16(10,9-19)14(20)21/h4-5,7,10H,2-3,6,8-9H2,1H3,(H,18,22)(H,20,21)/t10-,16+/m0/s1. The first-order chi connectivity index (χ1) is 11.0. The highest BCUT2D eigenvalue weighted by Gasteiger charge is 2.55. The molecule has 1 aromatic rings. The maximum Gasteiger partial charge on any atom is 0.321 e. The van der Waals surface area contributed by atoms with Crippen molar-refractivity contribution in [3.63, 3.8) is 0 Å². The van der Waals surface area contributed by atoms with Gasteiger partial charge in [-0.1, -0.05) is 18.0 Å². The second kappa shape index (κ2) is 6.24. The number of aliphatic carboxylic acids is 1.